The number of phosphoric ester groups is 1. The Balaban J connectivity index is 2.64. The lowest BCUT2D eigenvalue weighted by Gasteiger charge is -2.23. The van der Waals surface area contributed by atoms with Crippen molar-refractivity contribution < 1.29 is 70.2 Å². The summed E-state index contributed by atoms with van der Waals surface area (Å²) < 4.78 is 66.5. The Kier molecular flexibility index (Phi) is 13.3. The minimum Gasteiger partial charge on any atom is -0.447 e. The third-order valence-electron chi connectivity index (χ3n) is 3.90. The fraction of sp³-hybridized carbons (Fsp3) is 0.923. The summed E-state index contributed by atoms with van der Waals surface area (Å²) in [7, 11) is -15.1. The summed E-state index contributed by atoms with van der Waals surface area (Å²) in [5.74, 6) is 0. The van der Waals surface area contributed by atoms with Gasteiger partial charge in [0.25, 0.3) is 0 Å². The molecule has 0 bridgehead atoms. The number of nitrogens with zero attached hydrogens (tertiary/aromatic N) is 3. The molecule has 0 aromatic heterocycles. The van der Waals surface area contributed by atoms with Gasteiger partial charge in [-0.05, 0) is 18.9 Å². The maximum atomic E-state index is 11.9. The molecule has 0 aromatic rings. The molecular weight excluding hydrogens is 545 g/mol. The molecule has 0 aromatic carbocycles. The zero-order valence-corrected chi connectivity index (χ0v) is 21.2. The van der Waals surface area contributed by atoms with E-state index in [4.69, 9.17) is 34.3 Å². The van der Waals surface area contributed by atoms with Gasteiger partial charge in [0, 0.05) is 25.0 Å². The van der Waals surface area contributed by atoms with Crippen molar-refractivity contribution in [1.29, 1.82) is 0 Å². The molecule has 1 rings (SSSR count). The number of rotatable bonds is 16. The number of carbonyl (C=O) groups excluding carboxylic acids is 1. The Labute approximate surface area is 199 Å². The fourth-order valence-corrected chi connectivity index (χ4v) is 5.69. The molecule has 35 heavy (non-hydrogen) atoms. The van der Waals surface area contributed by atoms with Crippen molar-refractivity contribution in [2.45, 2.75) is 44.3 Å². The van der Waals surface area contributed by atoms with Crippen molar-refractivity contribution in [2.75, 3.05) is 33.5 Å². The van der Waals surface area contributed by atoms with E-state index in [0.29, 0.717) is 0 Å². The van der Waals surface area contributed by atoms with Crippen molar-refractivity contribution in [1.82, 2.24) is 5.32 Å². The highest BCUT2D eigenvalue weighted by Gasteiger charge is 2.43. The first-order valence-electron chi connectivity index (χ1n) is 9.69. The predicted molar refractivity (Wildman–Crippen MR) is 112 cm³/mol. The number of methoxy groups -OCH3 is 1. The molecule has 204 valence electrons. The average molecular weight is 572 g/mol. The lowest BCUT2D eigenvalue weighted by Crippen LogP contribution is -2.34. The zero-order valence-electron chi connectivity index (χ0n) is 18.5. The third kappa shape index (κ3) is 14.3. The highest BCUT2D eigenvalue weighted by atomic mass is 31.3. The van der Waals surface area contributed by atoms with Gasteiger partial charge in [0.1, 0.15) is 18.9 Å². The molecular formula is C13H27N4O15P3. The summed E-state index contributed by atoms with van der Waals surface area (Å²) in [5.41, 5.74) is 8.77. The largest absolute Gasteiger partial charge is 0.490 e. The van der Waals surface area contributed by atoms with Crippen LogP contribution in [0.15, 0.2) is 5.11 Å². The number of alkyl carbamates (subject to hydrolysis) is 1. The Morgan fingerprint density at radius 2 is 1.89 bits per heavy atom. The topological polar surface area (TPSA) is 275 Å². The predicted octanol–water partition coefficient (Wildman–Crippen LogP) is 1.29. The number of carbonyl (C=O) groups is 1. The standard InChI is InChI=1S/C13H27N4O15P3/c1-9-7-10(30-12(16-17-14)3-4-15-13(18)27-6-5-26-2)11(29-9)8-28-34(22,23)32-35(24,25)31-33(19,20)21/h9-12H,3-8H2,1-2H3,(H,15,18)(H,22,23)(H,24,25)(H2,19,20,21)/t9-,10+,11+,12?/m0/s1. The molecule has 6 atom stereocenters. The van der Waals surface area contributed by atoms with E-state index in [9.17, 15) is 28.3 Å². The number of hydrogen-bond acceptors (Lipinski definition) is 12. The van der Waals surface area contributed by atoms with Gasteiger partial charge in [-0.3, -0.25) is 4.52 Å². The van der Waals surface area contributed by atoms with Gasteiger partial charge in [-0.2, -0.15) is 8.62 Å². The van der Waals surface area contributed by atoms with Crippen LogP contribution in [0.3, 0.4) is 0 Å². The van der Waals surface area contributed by atoms with Crippen LogP contribution in [0.2, 0.25) is 0 Å². The third-order valence-corrected chi connectivity index (χ3v) is 7.70. The Bertz CT molecular complexity index is 880. The van der Waals surface area contributed by atoms with Crippen LogP contribution < -0.4 is 5.32 Å². The molecule has 1 fully saturated rings. The van der Waals surface area contributed by atoms with Gasteiger partial charge in [0.15, 0.2) is 0 Å². The second-order valence-electron chi connectivity index (χ2n) is 6.79. The Morgan fingerprint density at radius 3 is 2.49 bits per heavy atom. The first-order chi connectivity index (χ1) is 16.2. The van der Waals surface area contributed by atoms with Crippen molar-refractivity contribution >= 4 is 29.6 Å². The van der Waals surface area contributed by atoms with Gasteiger partial charge in [-0.15, -0.1) is 0 Å². The van der Waals surface area contributed by atoms with E-state index in [1.54, 1.807) is 6.92 Å². The van der Waals surface area contributed by atoms with Crippen LogP contribution in [0.25, 0.3) is 10.4 Å². The summed E-state index contributed by atoms with van der Waals surface area (Å²) in [5, 5.41) is 5.89. The molecule has 0 saturated carbocycles. The van der Waals surface area contributed by atoms with Crippen LogP contribution >= 0.6 is 23.5 Å². The monoisotopic (exact) mass is 572 g/mol. The zero-order chi connectivity index (χ0) is 26.7. The molecule has 3 unspecified atom stereocenters. The summed E-state index contributed by atoms with van der Waals surface area (Å²) in [6, 6.07) is 0. The van der Waals surface area contributed by atoms with Gasteiger partial charge in [-0.1, -0.05) is 5.11 Å². The minimum atomic E-state index is -5.67. The second kappa shape index (κ2) is 14.6. The van der Waals surface area contributed by atoms with Gasteiger partial charge >= 0.3 is 29.6 Å². The van der Waals surface area contributed by atoms with Gasteiger partial charge in [-0.25, -0.2) is 18.5 Å². The number of phosphoric acid groups is 3. The minimum absolute atomic E-state index is 0.00480. The molecule has 1 saturated heterocycles. The van der Waals surface area contributed by atoms with E-state index < -0.39 is 60.7 Å². The van der Waals surface area contributed by atoms with Crippen LogP contribution in [-0.2, 0) is 45.8 Å². The summed E-state index contributed by atoms with van der Waals surface area (Å²) in [6.45, 7) is 1.16. The summed E-state index contributed by atoms with van der Waals surface area (Å²) in [6.07, 6.45) is -3.89. The number of amides is 1. The maximum Gasteiger partial charge on any atom is 0.490 e. The summed E-state index contributed by atoms with van der Waals surface area (Å²) in [4.78, 5) is 50.1. The molecule has 1 aliphatic heterocycles. The number of azide groups is 1. The van der Waals surface area contributed by atoms with Crippen molar-refractivity contribution in [3.8, 4) is 0 Å². The molecule has 1 amide bonds. The van der Waals surface area contributed by atoms with E-state index in [1.165, 1.54) is 7.11 Å². The number of hydrogen-bond donors (Lipinski definition) is 5. The van der Waals surface area contributed by atoms with Crippen molar-refractivity contribution in [3.63, 3.8) is 0 Å². The molecule has 0 radical (unpaired) electrons. The molecule has 0 aliphatic carbocycles. The molecule has 0 spiro atoms. The van der Waals surface area contributed by atoms with E-state index >= 15 is 0 Å². The van der Waals surface area contributed by atoms with Crippen LogP contribution in [0.4, 0.5) is 4.79 Å². The summed E-state index contributed by atoms with van der Waals surface area (Å²) >= 11 is 0. The maximum absolute atomic E-state index is 11.9. The van der Waals surface area contributed by atoms with E-state index in [1.807, 2.05) is 0 Å². The normalized spacial score (nSPS) is 24.6. The number of ether oxygens (including phenoxy) is 4. The van der Waals surface area contributed by atoms with Gasteiger partial charge < -0.3 is 43.8 Å². The highest BCUT2D eigenvalue weighted by molar-refractivity contribution is 7.66. The highest BCUT2D eigenvalue weighted by Crippen LogP contribution is 2.66. The van der Waals surface area contributed by atoms with Crippen LogP contribution in [0.5, 0.6) is 0 Å². The van der Waals surface area contributed by atoms with Gasteiger partial charge in [0.2, 0.25) is 0 Å². The smallest absolute Gasteiger partial charge is 0.447 e. The fourth-order valence-electron chi connectivity index (χ4n) is 2.66. The average Bonchev–Trinajstić information content (AvgIpc) is 3.03. The molecule has 19 nitrogen and oxygen atoms in total. The second-order valence-corrected chi connectivity index (χ2v) is 11.2. The molecule has 1 heterocycles. The Morgan fingerprint density at radius 1 is 1.20 bits per heavy atom. The Hall–Kier alpha value is -1.13. The first-order valence-corrected chi connectivity index (χ1v) is 14.2. The van der Waals surface area contributed by atoms with Crippen LogP contribution in [0.1, 0.15) is 19.8 Å². The van der Waals surface area contributed by atoms with Crippen LogP contribution in [-0.4, -0.2) is 83.7 Å². The van der Waals surface area contributed by atoms with E-state index in [0.717, 1.165) is 0 Å². The lowest BCUT2D eigenvalue weighted by atomic mass is 10.1. The van der Waals surface area contributed by atoms with Crippen molar-refractivity contribution in [2.24, 2.45) is 5.11 Å². The lowest BCUT2D eigenvalue weighted by molar-refractivity contribution is -0.0707. The van der Waals surface area contributed by atoms with E-state index in [2.05, 4.69) is 28.5 Å². The van der Waals surface area contributed by atoms with Crippen LogP contribution in [0, 0.1) is 0 Å². The van der Waals surface area contributed by atoms with E-state index in [-0.39, 0.29) is 32.6 Å². The molecule has 22 heteroatoms. The first kappa shape index (κ1) is 31.9. The number of nitrogens with one attached hydrogen (secondary N) is 1. The molecule has 5 N–H and O–H groups in total. The molecule has 1 aliphatic rings. The SMILES string of the molecule is COCCOC(=O)NCCC(N=[N+]=[N-])O[C@@H]1C[C@H](C)O[C@@H]1COP(=O)(O)OP(=O)(O)OP(=O)(O)O. The van der Waals surface area contributed by atoms with Gasteiger partial charge in [0.05, 0.1) is 25.4 Å². The van der Waals surface area contributed by atoms with Crippen molar-refractivity contribution in [3.05, 3.63) is 10.4 Å². The quantitative estimate of drug-likeness (QED) is 0.0573.